The Hall–Kier alpha value is -1.75. The number of ether oxygens (including phenoxy) is 1. The Kier molecular flexibility index (Phi) is 6.68. The summed E-state index contributed by atoms with van der Waals surface area (Å²) in [6.07, 6.45) is -9.96. The van der Waals surface area contributed by atoms with Gasteiger partial charge in [0.1, 0.15) is 24.4 Å². The number of aliphatic hydroxyl groups is 6. The summed E-state index contributed by atoms with van der Waals surface area (Å²) in [5.41, 5.74) is 5.90. The van der Waals surface area contributed by atoms with Crippen molar-refractivity contribution in [2.75, 3.05) is 12.3 Å². The number of hydrogen-bond donors (Lipinski definition) is 7. The molecule has 0 aliphatic carbocycles. The van der Waals surface area contributed by atoms with Gasteiger partial charge < -0.3 is 41.1 Å². The lowest BCUT2D eigenvalue weighted by Gasteiger charge is -2.28. The molecule has 0 saturated carbocycles. The lowest BCUT2D eigenvalue weighted by atomic mass is 10.0. The molecule has 0 saturated heterocycles. The molecule has 1 aromatic carbocycles. The van der Waals surface area contributed by atoms with Gasteiger partial charge in [-0.25, -0.2) is 4.79 Å². The summed E-state index contributed by atoms with van der Waals surface area (Å²) in [7, 11) is 0. The minimum Gasteiger partial charge on any atom is -0.429 e. The summed E-state index contributed by atoms with van der Waals surface area (Å²) in [6.45, 7) is -0.869. The van der Waals surface area contributed by atoms with Crippen LogP contribution in [0.25, 0.3) is 0 Å². The van der Waals surface area contributed by atoms with Gasteiger partial charge in [-0.2, -0.15) is 0 Å². The molecule has 0 radical (unpaired) electrons. The van der Waals surface area contributed by atoms with Crippen molar-refractivity contribution in [2.45, 2.75) is 30.7 Å². The monoisotopic (exact) mass is 317 g/mol. The fourth-order valence-corrected chi connectivity index (χ4v) is 1.57. The molecule has 0 amide bonds. The highest BCUT2D eigenvalue weighted by molar-refractivity contribution is 5.89. The second-order valence-corrected chi connectivity index (χ2v) is 4.64. The van der Waals surface area contributed by atoms with Gasteiger partial charge in [0, 0.05) is 5.69 Å². The number of aliphatic hydroxyl groups excluding tert-OH is 6. The zero-order valence-electron chi connectivity index (χ0n) is 11.5. The molecule has 0 fully saturated rings. The summed E-state index contributed by atoms with van der Waals surface area (Å²) < 4.78 is 4.53. The molecule has 0 bridgehead atoms. The second-order valence-electron chi connectivity index (χ2n) is 4.64. The lowest BCUT2D eigenvalue weighted by Crippen LogP contribution is -2.50. The van der Waals surface area contributed by atoms with E-state index in [-0.39, 0.29) is 5.56 Å². The van der Waals surface area contributed by atoms with Gasteiger partial charge in [-0.3, -0.25) is 0 Å². The minimum absolute atomic E-state index is 0.0471. The van der Waals surface area contributed by atoms with Gasteiger partial charge in [0.15, 0.2) is 0 Å². The van der Waals surface area contributed by atoms with Crippen molar-refractivity contribution in [3.05, 3.63) is 29.8 Å². The topological polar surface area (TPSA) is 174 Å². The molecule has 124 valence electrons. The van der Waals surface area contributed by atoms with Crippen LogP contribution in [0.1, 0.15) is 10.4 Å². The Balaban J connectivity index is 2.65. The van der Waals surface area contributed by atoms with Crippen molar-refractivity contribution in [3.8, 4) is 0 Å². The van der Waals surface area contributed by atoms with E-state index >= 15 is 0 Å². The van der Waals surface area contributed by atoms with E-state index in [2.05, 4.69) is 4.74 Å². The van der Waals surface area contributed by atoms with Crippen LogP contribution >= 0.6 is 0 Å². The highest BCUT2D eigenvalue weighted by atomic mass is 16.6. The molecule has 0 spiro atoms. The maximum absolute atomic E-state index is 11.7. The molecule has 0 heterocycles. The highest BCUT2D eigenvalue weighted by Gasteiger charge is 2.35. The quantitative estimate of drug-likeness (QED) is 0.159. The third-order valence-electron chi connectivity index (χ3n) is 2.95. The Bertz CT molecular complexity index is 479. The molecule has 0 aromatic heterocycles. The second kappa shape index (κ2) is 8.03. The number of carbonyl (C=O) groups is 1. The predicted molar refractivity (Wildman–Crippen MR) is 73.4 cm³/mol. The lowest BCUT2D eigenvalue weighted by molar-refractivity contribution is -0.191. The zero-order chi connectivity index (χ0) is 16.9. The van der Waals surface area contributed by atoms with E-state index in [1.807, 2.05) is 0 Å². The summed E-state index contributed by atoms with van der Waals surface area (Å²) in [6, 6.07) is 5.51. The molecule has 1 aromatic rings. The number of hydrogen-bond acceptors (Lipinski definition) is 9. The first-order valence-corrected chi connectivity index (χ1v) is 6.35. The van der Waals surface area contributed by atoms with E-state index in [4.69, 9.17) is 15.9 Å². The number of esters is 1. The van der Waals surface area contributed by atoms with Gasteiger partial charge in [-0.05, 0) is 24.3 Å². The standard InChI is InChI=1S/C13H19NO8/c14-7-3-1-6(2-4-7)12(20)22-13(21)11(19)10(18)9(17)8(16)5-15/h1-4,8-11,13,15-19,21H,5,14H2/t8-,9-,10+,11-,13?/m1/s1. The fourth-order valence-electron chi connectivity index (χ4n) is 1.57. The number of benzene rings is 1. The van der Waals surface area contributed by atoms with E-state index in [1.165, 1.54) is 24.3 Å². The number of rotatable bonds is 7. The Labute approximate surface area is 125 Å². The molecule has 1 unspecified atom stereocenters. The summed E-state index contributed by atoms with van der Waals surface area (Å²) in [5.74, 6) is -0.990. The van der Waals surface area contributed by atoms with Crippen LogP contribution < -0.4 is 5.73 Å². The van der Waals surface area contributed by atoms with E-state index in [0.29, 0.717) is 5.69 Å². The van der Waals surface area contributed by atoms with Gasteiger partial charge in [-0.1, -0.05) is 0 Å². The Morgan fingerprint density at radius 1 is 1.00 bits per heavy atom. The first kappa shape index (κ1) is 18.3. The molecule has 0 aliphatic rings. The van der Waals surface area contributed by atoms with Crippen LogP contribution in [0.4, 0.5) is 5.69 Å². The molecule has 9 nitrogen and oxygen atoms in total. The van der Waals surface area contributed by atoms with Crippen LogP contribution in [0, 0.1) is 0 Å². The molecule has 5 atom stereocenters. The zero-order valence-corrected chi connectivity index (χ0v) is 11.5. The number of carbonyl (C=O) groups excluding carboxylic acids is 1. The van der Waals surface area contributed by atoms with Crippen molar-refractivity contribution in [1.29, 1.82) is 0 Å². The SMILES string of the molecule is Nc1ccc(C(=O)OC(O)[C@H](O)[C@@H](O)[C@H](O)[C@H](O)CO)cc1. The average molecular weight is 317 g/mol. The summed E-state index contributed by atoms with van der Waals surface area (Å²) in [5, 5.41) is 55.8. The summed E-state index contributed by atoms with van der Waals surface area (Å²) in [4.78, 5) is 11.7. The fraction of sp³-hybridized carbons (Fsp3) is 0.462. The molecule has 0 aliphatic heterocycles. The van der Waals surface area contributed by atoms with Crippen LogP contribution in [0.15, 0.2) is 24.3 Å². The van der Waals surface area contributed by atoms with Crippen LogP contribution in [-0.4, -0.2) is 73.9 Å². The van der Waals surface area contributed by atoms with Gasteiger partial charge >= 0.3 is 5.97 Å². The van der Waals surface area contributed by atoms with Gasteiger partial charge in [0.05, 0.1) is 12.2 Å². The number of anilines is 1. The molecule has 8 N–H and O–H groups in total. The largest absolute Gasteiger partial charge is 0.429 e. The van der Waals surface area contributed by atoms with Gasteiger partial charge in [0.25, 0.3) is 0 Å². The van der Waals surface area contributed by atoms with Gasteiger partial charge in [0.2, 0.25) is 6.29 Å². The molecular formula is C13H19NO8. The first-order chi connectivity index (χ1) is 10.3. The normalized spacial score (nSPS) is 18.1. The van der Waals surface area contributed by atoms with Crippen molar-refractivity contribution < 1.29 is 40.2 Å². The Morgan fingerprint density at radius 2 is 1.55 bits per heavy atom. The van der Waals surface area contributed by atoms with Crippen molar-refractivity contribution in [2.24, 2.45) is 0 Å². The average Bonchev–Trinajstić information content (AvgIpc) is 2.52. The highest BCUT2D eigenvalue weighted by Crippen LogP contribution is 2.12. The number of nitrogen functional groups attached to an aromatic ring is 1. The number of nitrogens with two attached hydrogens (primary N) is 1. The minimum atomic E-state index is -2.15. The van der Waals surface area contributed by atoms with E-state index in [1.54, 1.807) is 0 Å². The van der Waals surface area contributed by atoms with Crippen molar-refractivity contribution in [1.82, 2.24) is 0 Å². The van der Waals surface area contributed by atoms with Crippen LogP contribution in [0.5, 0.6) is 0 Å². The molecular weight excluding hydrogens is 298 g/mol. The molecule has 1 rings (SSSR count). The van der Waals surface area contributed by atoms with E-state index in [9.17, 15) is 25.2 Å². The van der Waals surface area contributed by atoms with E-state index in [0.717, 1.165) is 0 Å². The van der Waals surface area contributed by atoms with E-state index < -0.39 is 43.3 Å². The predicted octanol–water partition coefficient (Wildman–Crippen LogP) is -2.82. The van der Waals surface area contributed by atoms with Crippen LogP contribution in [-0.2, 0) is 4.74 Å². The van der Waals surface area contributed by atoms with Crippen molar-refractivity contribution in [3.63, 3.8) is 0 Å². The maximum atomic E-state index is 11.7. The first-order valence-electron chi connectivity index (χ1n) is 6.35. The summed E-state index contributed by atoms with van der Waals surface area (Å²) >= 11 is 0. The molecule has 9 heteroatoms. The van der Waals surface area contributed by atoms with Crippen molar-refractivity contribution >= 4 is 11.7 Å². The van der Waals surface area contributed by atoms with Crippen LogP contribution in [0.2, 0.25) is 0 Å². The maximum Gasteiger partial charge on any atom is 0.340 e. The Morgan fingerprint density at radius 3 is 2.05 bits per heavy atom. The molecule has 22 heavy (non-hydrogen) atoms. The third-order valence-corrected chi connectivity index (χ3v) is 2.95. The van der Waals surface area contributed by atoms with Crippen LogP contribution in [0.3, 0.4) is 0 Å². The third kappa shape index (κ3) is 4.63. The van der Waals surface area contributed by atoms with Gasteiger partial charge in [-0.15, -0.1) is 0 Å². The smallest absolute Gasteiger partial charge is 0.340 e.